The molecule has 176 valence electrons. The van der Waals surface area contributed by atoms with Crippen LogP contribution in [0.15, 0.2) is 18.2 Å². The summed E-state index contributed by atoms with van der Waals surface area (Å²) in [5, 5.41) is 78.5. The van der Waals surface area contributed by atoms with Crippen molar-refractivity contribution in [2.24, 2.45) is 0 Å². The molecule has 0 saturated carbocycles. The van der Waals surface area contributed by atoms with Gasteiger partial charge in [-0.2, -0.15) is 0 Å². The number of benzene rings is 1. The maximum atomic E-state index is 10.5. The fourth-order valence-electron chi connectivity index (χ4n) is 3.42. The van der Waals surface area contributed by atoms with Crippen LogP contribution in [0.2, 0.25) is 0 Å². The quantitative estimate of drug-likeness (QED) is 0.187. The molecule has 12 nitrogen and oxygen atoms in total. The predicted octanol–water partition coefficient (Wildman–Crippen LogP) is -3.08. The molecule has 0 aliphatic carbocycles. The van der Waals surface area contributed by atoms with Crippen LogP contribution in [0.5, 0.6) is 11.5 Å². The van der Waals surface area contributed by atoms with Crippen molar-refractivity contribution in [3.8, 4) is 11.5 Å². The highest BCUT2D eigenvalue weighted by Crippen LogP contribution is 2.31. The van der Waals surface area contributed by atoms with E-state index < -0.39 is 68.5 Å². The molecule has 2 aliphatic rings. The number of phenolic OH excluding ortho intramolecular Hbond substituents is 2. The smallest absolute Gasteiger partial charge is 0.187 e. The fraction of sp³-hybridized carbons (Fsp3) is 0.684. The van der Waals surface area contributed by atoms with E-state index in [0.717, 1.165) is 0 Å². The third-order valence-electron chi connectivity index (χ3n) is 5.41. The van der Waals surface area contributed by atoms with Crippen molar-refractivity contribution in [2.45, 2.75) is 55.1 Å². The van der Waals surface area contributed by atoms with E-state index in [1.54, 1.807) is 6.07 Å². The van der Waals surface area contributed by atoms with Gasteiger partial charge in [-0.15, -0.1) is 0 Å². The third kappa shape index (κ3) is 5.09. The zero-order valence-electron chi connectivity index (χ0n) is 16.5. The predicted molar refractivity (Wildman–Crippen MR) is 99.8 cm³/mol. The highest BCUT2D eigenvalue weighted by molar-refractivity contribution is 5.40. The Bertz CT molecular complexity index is 732. The van der Waals surface area contributed by atoms with Crippen LogP contribution < -0.4 is 0 Å². The molecule has 0 spiro atoms. The number of aliphatic hydroxyl groups excluding tert-OH is 5. The van der Waals surface area contributed by atoms with Crippen molar-refractivity contribution in [3.63, 3.8) is 0 Å². The number of ether oxygens (including phenoxy) is 4. The van der Waals surface area contributed by atoms with E-state index in [1.807, 2.05) is 0 Å². The standard InChI is InChI=1S/C19H28O12/c20-6-12-13(24)14(25)15(31-18-16(26)19(27,7-21)8-29-18)17(30-12)28-4-3-9-1-2-10(22)11(23)5-9/h1-2,5,12-18,20-27H,3-4,6-8H2/t12-,13-,14+,15-,16-,17-,18+,19+/m1/s1. The van der Waals surface area contributed by atoms with Gasteiger partial charge in [-0.05, 0) is 24.1 Å². The second-order valence-corrected chi connectivity index (χ2v) is 7.64. The lowest BCUT2D eigenvalue weighted by Gasteiger charge is -2.42. The molecule has 2 saturated heterocycles. The molecule has 31 heavy (non-hydrogen) atoms. The molecule has 0 aromatic heterocycles. The van der Waals surface area contributed by atoms with Crippen molar-refractivity contribution in [3.05, 3.63) is 23.8 Å². The van der Waals surface area contributed by atoms with Crippen LogP contribution in [-0.2, 0) is 25.4 Å². The van der Waals surface area contributed by atoms with Gasteiger partial charge in [0.15, 0.2) is 24.1 Å². The summed E-state index contributed by atoms with van der Waals surface area (Å²) >= 11 is 0. The lowest BCUT2D eigenvalue weighted by molar-refractivity contribution is -0.335. The highest BCUT2D eigenvalue weighted by atomic mass is 16.8. The third-order valence-corrected chi connectivity index (χ3v) is 5.41. The summed E-state index contributed by atoms with van der Waals surface area (Å²) in [4.78, 5) is 0. The van der Waals surface area contributed by atoms with E-state index in [2.05, 4.69) is 0 Å². The van der Waals surface area contributed by atoms with E-state index in [0.29, 0.717) is 5.56 Å². The Morgan fingerprint density at radius 2 is 1.77 bits per heavy atom. The Kier molecular flexibility index (Phi) is 7.70. The van der Waals surface area contributed by atoms with Crippen LogP contribution in [0.1, 0.15) is 5.56 Å². The molecule has 2 aliphatic heterocycles. The number of phenols is 2. The molecule has 12 heteroatoms. The minimum atomic E-state index is -1.95. The van der Waals surface area contributed by atoms with Crippen molar-refractivity contribution < 1.29 is 59.8 Å². The molecular formula is C19H28O12. The Labute approximate surface area is 177 Å². The van der Waals surface area contributed by atoms with Crippen LogP contribution in [0.3, 0.4) is 0 Å². The lowest BCUT2D eigenvalue weighted by Crippen LogP contribution is -2.61. The molecule has 2 heterocycles. The average Bonchev–Trinajstić information content (AvgIpc) is 3.04. The van der Waals surface area contributed by atoms with Gasteiger partial charge in [-0.1, -0.05) is 6.07 Å². The SMILES string of the molecule is OC[C@H]1O[C@@H](OCCc2ccc(O)c(O)c2)[C@H](O[C@@H]2OC[C@@](O)(CO)[C@@H]2O)[C@@H](O)[C@@H]1O. The molecule has 2 fully saturated rings. The van der Waals surface area contributed by atoms with Gasteiger partial charge in [0.2, 0.25) is 0 Å². The molecule has 0 radical (unpaired) electrons. The molecule has 0 bridgehead atoms. The zero-order chi connectivity index (χ0) is 22.8. The first kappa shape index (κ1) is 24.1. The number of hydrogen-bond donors (Lipinski definition) is 8. The largest absolute Gasteiger partial charge is 0.504 e. The second kappa shape index (κ2) is 9.92. The van der Waals surface area contributed by atoms with Crippen LogP contribution in [0, 0.1) is 0 Å². The van der Waals surface area contributed by atoms with Gasteiger partial charge in [0.05, 0.1) is 26.4 Å². The summed E-state index contributed by atoms with van der Waals surface area (Å²) in [6.45, 7) is -1.81. The van der Waals surface area contributed by atoms with Crippen LogP contribution in [0.25, 0.3) is 0 Å². The zero-order valence-corrected chi connectivity index (χ0v) is 16.5. The Morgan fingerprint density at radius 3 is 2.39 bits per heavy atom. The van der Waals surface area contributed by atoms with Crippen LogP contribution in [-0.4, -0.2) is 116 Å². The van der Waals surface area contributed by atoms with Gasteiger partial charge >= 0.3 is 0 Å². The van der Waals surface area contributed by atoms with Gasteiger partial charge in [0.25, 0.3) is 0 Å². The van der Waals surface area contributed by atoms with E-state index in [9.17, 15) is 40.9 Å². The van der Waals surface area contributed by atoms with E-state index in [4.69, 9.17) is 18.9 Å². The van der Waals surface area contributed by atoms with E-state index >= 15 is 0 Å². The van der Waals surface area contributed by atoms with Gasteiger partial charge in [0, 0.05) is 0 Å². The average molecular weight is 448 g/mol. The first-order chi connectivity index (χ1) is 14.7. The molecule has 8 N–H and O–H groups in total. The van der Waals surface area contributed by atoms with E-state index in [1.165, 1.54) is 12.1 Å². The minimum absolute atomic E-state index is 0.00433. The second-order valence-electron chi connectivity index (χ2n) is 7.64. The molecule has 0 unspecified atom stereocenters. The molecule has 1 aromatic carbocycles. The maximum absolute atomic E-state index is 10.5. The first-order valence-corrected chi connectivity index (χ1v) is 9.73. The Balaban J connectivity index is 1.67. The lowest BCUT2D eigenvalue weighted by atomic mass is 9.98. The summed E-state index contributed by atoms with van der Waals surface area (Å²) in [7, 11) is 0. The van der Waals surface area contributed by atoms with Gasteiger partial charge in [0.1, 0.15) is 36.1 Å². The topological polar surface area (TPSA) is 199 Å². The van der Waals surface area contributed by atoms with Crippen molar-refractivity contribution in [1.82, 2.24) is 0 Å². The Hall–Kier alpha value is -1.58. The van der Waals surface area contributed by atoms with Crippen molar-refractivity contribution in [1.29, 1.82) is 0 Å². The fourth-order valence-corrected chi connectivity index (χ4v) is 3.42. The first-order valence-electron chi connectivity index (χ1n) is 9.73. The summed E-state index contributed by atoms with van der Waals surface area (Å²) in [6.07, 6.45) is -9.76. The number of aromatic hydroxyl groups is 2. The van der Waals surface area contributed by atoms with Crippen LogP contribution in [0.4, 0.5) is 0 Å². The van der Waals surface area contributed by atoms with Crippen LogP contribution >= 0.6 is 0 Å². The molecule has 3 rings (SSSR count). The highest BCUT2D eigenvalue weighted by Gasteiger charge is 2.53. The Morgan fingerprint density at radius 1 is 1.03 bits per heavy atom. The molecule has 1 aromatic rings. The number of hydrogen-bond acceptors (Lipinski definition) is 12. The molecule has 0 amide bonds. The summed E-state index contributed by atoms with van der Waals surface area (Å²) < 4.78 is 21.8. The number of rotatable bonds is 8. The molecular weight excluding hydrogens is 420 g/mol. The minimum Gasteiger partial charge on any atom is -0.504 e. The number of aliphatic hydroxyl groups is 6. The van der Waals surface area contributed by atoms with Gasteiger partial charge < -0.3 is 59.8 Å². The normalized spacial score (nSPS) is 38.5. The van der Waals surface area contributed by atoms with Crippen molar-refractivity contribution >= 4 is 0 Å². The van der Waals surface area contributed by atoms with Crippen molar-refractivity contribution in [2.75, 3.05) is 26.4 Å². The van der Waals surface area contributed by atoms with Gasteiger partial charge in [-0.25, -0.2) is 0 Å². The molecule has 8 atom stereocenters. The maximum Gasteiger partial charge on any atom is 0.187 e. The summed E-state index contributed by atoms with van der Waals surface area (Å²) in [6, 6.07) is 4.24. The monoisotopic (exact) mass is 448 g/mol. The summed E-state index contributed by atoms with van der Waals surface area (Å²) in [5.41, 5.74) is -1.32. The summed E-state index contributed by atoms with van der Waals surface area (Å²) in [5.74, 6) is -0.565. The van der Waals surface area contributed by atoms with Gasteiger partial charge in [-0.3, -0.25) is 0 Å². The van der Waals surface area contributed by atoms with E-state index in [-0.39, 0.29) is 24.5 Å².